The van der Waals surface area contributed by atoms with Gasteiger partial charge < -0.3 is 9.47 Å². The number of nitrogens with zero attached hydrogens (tertiary/aromatic N) is 1. The van der Waals surface area contributed by atoms with Crippen molar-refractivity contribution in [3.63, 3.8) is 0 Å². The van der Waals surface area contributed by atoms with Crippen molar-refractivity contribution in [2.24, 2.45) is 0 Å². The smallest absolute Gasteiger partial charge is 0.417 e. The zero-order valence-electron chi connectivity index (χ0n) is 13.1. The van der Waals surface area contributed by atoms with Crippen LogP contribution < -0.4 is 14.8 Å². The Hall–Kier alpha value is -3.34. The van der Waals surface area contributed by atoms with E-state index < -0.39 is 6.09 Å². The summed E-state index contributed by atoms with van der Waals surface area (Å²) in [5.74, 6) is 1.18. The predicted molar refractivity (Wildman–Crippen MR) is 92.3 cm³/mol. The van der Waals surface area contributed by atoms with Crippen LogP contribution in [0.2, 0.25) is 0 Å². The molecule has 0 atom stereocenters. The van der Waals surface area contributed by atoms with Crippen molar-refractivity contribution >= 4 is 11.8 Å². The molecule has 0 radical (unpaired) electrons. The Morgan fingerprint density at radius 1 is 1.04 bits per heavy atom. The molecule has 120 valence electrons. The molecular weight excluding hydrogens is 304 g/mol. The molecule has 1 amide bonds. The number of para-hydroxylation sites is 1. The maximum absolute atomic E-state index is 12.0. The summed E-state index contributed by atoms with van der Waals surface area (Å²) in [6.45, 7) is 0. The van der Waals surface area contributed by atoms with Gasteiger partial charge in [-0.3, -0.25) is 10.3 Å². The fourth-order valence-electron chi connectivity index (χ4n) is 2.27. The van der Waals surface area contributed by atoms with E-state index >= 15 is 0 Å². The number of benzene rings is 2. The normalized spacial score (nSPS) is 10.0. The molecule has 5 nitrogen and oxygen atoms in total. The van der Waals surface area contributed by atoms with E-state index in [1.54, 1.807) is 55.9 Å². The van der Waals surface area contributed by atoms with Gasteiger partial charge in [-0.2, -0.15) is 0 Å². The van der Waals surface area contributed by atoms with Crippen LogP contribution in [0.3, 0.4) is 0 Å². The number of hydrogen-bond donors (Lipinski definition) is 1. The quantitative estimate of drug-likeness (QED) is 0.775. The monoisotopic (exact) mass is 320 g/mol. The Morgan fingerprint density at radius 3 is 2.58 bits per heavy atom. The zero-order chi connectivity index (χ0) is 16.8. The number of carbonyl (C=O) groups excluding carboxylic acids is 1. The van der Waals surface area contributed by atoms with Crippen molar-refractivity contribution in [2.75, 3.05) is 12.4 Å². The molecule has 0 spiro atoms. The number of ether oxygens (including phenoxy) is 2. The molecule has 0 unspecified atom stereocenters. The number of anilines is 1. The van der Waals surface area contributed by atoms with E-state index in [-0.39, 0.29) is 0 Å². The molecule has 5 heteroatoms. The lowest BCUT2D eigenvalue weighted by molar-refractivity contribution is 0.215. The maximum Gasteiger partial charge on any atom is 0.417 e. The van der Waals surface area contributed by atoms with Gasteiger partial charge in [-0.25, -0.2) is 4.79 Å². The molecule has 2 aromatic carbocycles. The third kappa shape index (κ3) is 3.70. The van der Waals surface area contributed by atoms with Crippen molar-refractivity contribution in [1.29, 1.82) is 0 Å². The van der Waals surface area contributed by atoms with Gasteiger partial charge in [-0.05, 0) is 36.4 Å². The minimum absolute atomic E-state index is 0.482. The van der Waals surface area contributed by atoms with Gasteiger partial charge in [0.05, 0.1) is 7.11 Å². The lowest BCUT2D eigenvalue weighted by Crippen LogP contribution is -2.16. The zero-order valence-corrected chi connectivity index (χ0v) is 13.1. The van der Waals surface area contributed by atoms with Crippen molar-refractivity contribution < 1.29 is 14.3 Å². The van der Waals surface area contributed by atoms with Gasteiger partial charge in [0.2, 0.25) is 0 Å². The number of rotatable bonds is 4. The van der Waals surface area contributed by atoms with E-state index in [0.717, 1.165) is 11.1 Å². The molecule has 1 aromatic heterocycles. The number of carbonyl (C=O) groups is 1. The summed E-state index contributed by atoms with van der Waals surface area (Å²) in [6.07, 6.45) is 2.89. The first-order valence-electron chi connectivity index (χ1n) is 7.38. The number of aromatic nitrogens is 1. The van der Waals surface area contributed by atoms with E-state index in [1.807, 2.05) is 24.3 Å². The summed E-state index contributed by atoms with van der Waals surface area (Å²) in [7, 11) is 1.60. The third-order valence-corrected chi connectivity index (χ3v) is 3.37. The van der Waals surface area contributed by atoms with E-state index in [1.165, 1.54) is 0 Å². The summed E-state index contributed by atoms with van der Waals surface area (Å²) in [6, 6.07) is 18.0. The summed E-state index contributed by atoms with van der Waals surface area (Å²) in [5.41, 5.74) is 2.34. The first kappa shape index (κ1) is 15.6. The lowest BCUT2D eigenvalue weighted by atomic mass is 10.1. The summed E-state index contributed by atoms with van der Waals surface area (Å²) in [5, 5.41) is 2.71. The lowest BCUT2D eigenvalue weighted by Gasteiger charge is -2.12. The first-order valence-corrected chi connectivity index (χ1v) is 7.38. The molecule has 0 bridgehead atoms. The number of methoxy groups -OCH3 is 1. The number of amides is 1. The Bertz CT molecular complexity index is 821. The van der Waals surface area contributed by atoms with Crippen molar-refractivity contribution in [3.05, 3.63) is 73.1 Å². The van der Waals surface area contributed by atoms with Gasteiger partial charge in [0, 0.05) is 29.2 Å². The van der Waals surface area contributed by atoms with Crippen LogP contribution in [0.4, 0.5) is 10.5 Å². The van der Waals surface area contributed by atoms with Gasteiger partial charge in [0.15, 0.2) is 0 Å². The molecule has 0 aliphatic heterocycles. The molecule has 1 N–H and O–H groups in total. The summed E-state index contributed by atoms with van der Waals surface area (Å²) >= 11 is 0. The average molecular weight is 320 g/mol. The van der Waals surface area contributed by atoms with Gasteiger partial charge in [-0.1, -0.05) is 24.3 Å². The van der Waals surface area contributed by atoms with Gasteiger partial charge in [0.1, 0.15) is 11.5 Å². The van der Waals surface area contributed by atoms with Crippen LogP contribution in [-0.2, 0) is 0 Å². The molecule has 3 aromatic rings. The second-order valence-corrected chi connectivity index (χ2v) is 4.98. The fourth-order valence-corrected chi connectivity index (χ4v) is 2.27. The third-order valence-electron chi connectivity index (χ3n) is 3.37. The molecule has 1 heterocycles. The molecule has 0 aliphatic carbocycles. The van der Waals surface area contributed by atoms with Crippen LogP contribution in [0.5, 0.6) is 11.5 Å². The van der Waals surface area contributed by atoms with Crippen LogP contribution in [0.15, 0.2) is 73.1 Å². The largest absolute Gasteiger partial charge is 0.496 e. The molecule has 0 aliphatic rings. The van der Waals surface area contributed by atoms with Crippen molar-refractivity contribution in [2.45, 2.75) is 0 Å². The first-order chi connectivity index (χ1) is 11.8. The van der Waals surface area contributed by atoms with E-state index in [0.29, 0.717) is 17.2 Å². The predicted octanol–water partition coefficient (Wildman–Crippen LogP) is 4.37. The van der Waals surface area contributed by atoms with E-state index in [4.69, 9.17) is 9.47 Å². The number of pyridine rings is 1. The van der Waals surface area contributed by atoms with Crippen molar-refractivity contribution in [1.82, 2.24) is 4.98 Å². The Kier molecular flexibility index (Phi) is 4.72. The standard InChI is InChI=1S/C19H16N2O3/c1-23-18-10-9-15(12-17(18)14-6-5-11-20-13-14)21-19(22)24-16-7-3-2-4-8-16/h2-13H,1H3,(H,21,22). The highest BCUT2D eigenvalue weighted by molar-refractivity contribution is 5.88. The van der Waals surface area contributed by atoms with Crippen molar-refractivity contribution in [3.8, 4) is 22.6 Å². The SMILES string of the molecule is COc1ccc(NC(=O)Oc2ccccc2)cc1-c1cccnc1. The molecular formula is C19H16N2O3. The highest BCUT2D eigenvalue weighted by atomic mass is 16.6. The molecule has 3 rings (SSSR count). The second-order valence-electron chi connectivity index (χ2n) is 4.98. The topological polar surface area (TPSA) is 60.5 Å². The Balaban J connectivity index is 1.80. The van der Waals surface area contributed by atoms with Crippen LogP contribution in [0.25, 0.3) is 11.1 Å². The fraction of sp³-hybridized carbons (Fsp3) is 0.0526. The van der Waals surface area contributed by atoms with Gasteiger partial charge >= 0.3 is 6.09 Å². The number of hydrogen-bond acceptors (Lipinski definition) is 4. The minimum atomic E-state index is -0.552. The molecule has 0 fully saturated rings. The van der Waals surface area contributed by atoms with Crippen LogP contribution in [-0.4, -0.2) is 18.2 Å². The highest BCUT2D eigenvalue weighted by Crippen LogP contribution is 2.32. The Labute approximate surface area is 139 Å². The number of nitrogens with one attached hydrogen (secondary N) is 1. The van der Waals surface area contributed by atoms with Crippen LogP contribution in [0.1, 0.15) is 0 Å². The summed E-state index contributed by atoms with van der Waals surface area (Å²) in [4.78, 5) is 16.1. The van der Waals surface area contributed by atoms with E-state index in [9.17, 15) is 4.79 Å². The van der Waals surface area contributed by atoms with Gasteiger partial charge in [-0.15, -0.1) is 0 Å². The minimum Gasteiger partial charge on any atom is -0.496 e. The van der Waals surface area contributed by atoms with Gasteiger partial charge in [0.25, 0.3) is 0 Å². The summed E-state index contributed by atoms with van der Waals surface area (Å²) < 4.78 is 10.6. The Morgan fingerprint density at radius 2 is 1.88 bits per heavy atom. The van der Waals surface area contributed by atoms with E-state index in [2.05, 4.69) is 10.3 Å². The highest BCUT2D eigenvalue weighted by Gasteiger charge is 2.10. The molecule has 0 saturated heterocycles. The average Bonchev–Trinajstić information content (AvgIpc) is 2.63. The maximum atomic E-state index is 12.0. The van der Waals surface area contributed by atoms with Crippen LogP contribution >= 0.6 is 0 Å². The molecule has 0 saturated carbocycles. The van der Waals surface area contributed by atoms with Crippen LogP contribution in [0, 0.1) is 0 Å². The molecule has 24 heavy (non-hydrogen) atoms. The second kappa shape index (κ2) is 7.28.